The summed E-state index contributed by atoms with van der Waals surface area (Å²) in [5.74, 6) is -1.67. The van der Waals surface area contributed by atoms with Crippen LogP contribution in [0, 0.1) is 11.6 Å². The number of rotatable bonds is 4. The van der Waals surface area contributed by atoms with Gasteiger partial charge in [-0.25, -0.2) is 17.2 Å². The summed E-state index contributed by atoms with van der Waals surface area (Å²) in [5, 5.41) is 0.192. The standard InChI is InChI=1S/C13H10ClF2NO3S/c1-20-12-4-3-9(7-10(12)14)17-21(18,19)13-5-2-8(15)6-11(13)16/h2-7,17H,1H3. The van der Waals surface area contributed by atoms with Crippen molar-refractivity contribution in [2.45, 2.75) is 4.90 Å². The molecule has 0 atom stereocenters. The summed E-state index contributed by atoms with van der Waals surface area (Å²) in [4.78, 5) is -0.657. The molecule has 0 aliphatic rings. The Labute approximate surface area is 125 Å². The number of nitrogens with one attached hydrogen (secondary N) is 1. The van der Waals surface area contributed by atoms with Crippen molar-refractivity contribution in [1.29, 1.82) is 0 Å². The van der Waals surface area contributed by atoms with Crippen LogP contribution in [0.1, 0.15) is 0 Å². The van der Waals surface area contributed by atoms with Crippen molar-refractivity contribution >= 4 is 27.3 Å². The first-order valence-corrected chi connectivity index (χ1v) is 7.51. The molecule has 0 aliphatic heterocycles. The number of ether oxygens (including phenoxy) is 1. The van der Waals surface area contributed by atoms with E-state index < -0.39 is 26.6 Å². The van der Waals surface area contributed by atoms with Crippen LogP contribution >= 0.6 is 11.6 Å². The average molecular weight is 334 g/mol. The van der Waals surface area contributed by atoms with Gasteiger partial charge in [0.25, 0.3) is 10.0 Å². The molecule has 21 heavy (non-hydrogen) atoms. The van der Waals surface area contributed by atoms with Crippen molar-refractivity contribution in [3.05, 3.63) is 53.1 Å². The Balaban J connectivity index is 2.35. The topological polar surface area (TPSA) is 55.4 Å². The second-order valence-corrected chi connectivity index (χ2v) is 6.09. The monoisotopic (exact) mass is 333 g/mol. The average Bonchev–Trinajstić information content (AvgIpc) is 2.37. The van der Waals surface area contributed by atoms with Crippen molar-refractivity contribution in [1.82, 2.24) is 0 Å². The first-order chi connectivity index (χ1) is 9.83. The molecule has 0 spiro atoms. The van der Waals surface area contributed by atoms with Crippen LogP contribution < -0.4 is 9.46 Å². The summed E-state index contributed by atoms with van der Waals surface area (Å²) in [6, 6.07) is 6.39. The van der Waals surface area contributed by atoms with E-state index in [1.165, 1.54) is 25.3 Å². The molecule has 0 saturated heterocycles. The van der Waals surface area contributed by atoms with E-state index in [1.807, 2.05) is 0 Å². The van der Waals surface area contributed by atoms with Crippen molar-refractivity contribution in [2.24, 2.45) is 0 Å². The maximum absolute atomic E-state index is 13.5. The number of hydrogen-bond acceptors (Lipinski definition) is 3. The van der Waals surface area contributed by atoms with Crippen LogP contribution in [-0.2, 0) is 10.0 Å². The largest absolute Gasteiger partial charge is 0.495 e. The summed E-state index contributed by atoms with van der Waals surface area (Å²) in [6.07, 6.45) is 0. The smallest absolute Gasteiger partial charge is 0.264 e. The Morgan fingerprint density at radius 3 is 2.43 bits per heavy atom. The normalized spacial score (nSPS) is 11.2. The van der Waals surface area contributed by atoms with Crippen LogP contribution in [0.3, 0.4) is 0 Å². The van der Waals surface area contributed by atoms with Gasteiger partial charge in [-0.3, -0.25) is 4.72 Å². The second-order valence-electron chi connectivity index (χ2n) is 4.03. The number of anilines is 1. The van der Waals surface area contributed by atoms with Crippen LogP contribution in [0.15, 0.2) is 41.3 Å². The van der Waals surface area contributed by atoms with Crippen LogP contribution in [-0.4, -0.2) is 15.5 Å². The molecule has 2 aromatic carbocycles. The van der Waals surface area contributed by atoms with Crippen LogP contribution in [0.5, 0.6) is 5.75 Å². The molecular weight excluding hydrogens is 324 g/mol. The van der Waals surface area contributed by atoms with E-state index >= 15 is 0 Å². The molecule has 0 amide bonds. The van der Waals surface area contributed by atoms with E-state index in [0.717, 1.165) is 12.1 Å². The fourth-order valence-electron chi connectivity index (χ4n) is 1.63. The minimum atomic E-state index is -4.19. The Bertz CT molecular complexity index is 781. The number of hydrogen-bond donors (Lipinski definition) is 1. The fourth-order valence-corrected chi connectivity index (χ4v) is 3.00. The Hall–Kier alpha value is -1.86. The summed E-state index contributed by atoms with van der Waals surface area (Å²) in [5.41, 5.74) is 0.129. The van der Waals surface area contributed by atoms with E-state index in [-0.39, 0.29) is 10.7 Å². The molecule has 0 heterocycles. The molecule has 0 aliphatic carbocycles. The molecular formula is C13H10ClF2NO3S. The van der Waals surface area contributed by atoms with Crippen molar-refractivity contribution < 1.29 is 21.9 Å². The second kappa shape index (κ2) is 5.87. The lowest BCUT2D eigenvalue weighted by Gasteiger charge is -2.10. The van der Waals surface area contributed by atoms with Crippen molar-refractivity contribution in [2.75, 3.05) is 11.8 Å². The van der Waals surface area contributed by atoms with Gasteiger partial charge in [0.2, 0.25) is 0 Å². The lowest BCUT2D eigenvalue weighted by molar-refractivity contribution is 0.415. The molecule has 0 aromatic heterocycles. The third kappa shape index (κ3) is 3.43. The molecule has 0 unspecified atom stereocenters. The molecule has 0 radical (unpaired) electrons. The van der Waals surface area contributed by atoms with E-state index in [0.29, 0.717) is 11.8 Å². The predicted molar refractivity (Wildman–Crippen MR) is 75.2 cm³/mol. The lowest BCUT2D eigenvalue weighted by Crippen LogP contribution is -2.14. The Morgan fingerprint density at radius 1 is 1.14 bits per heavy atom. The summed E-state index contributed by atoms with van der Waals surface area (Å²) < 4.78 is 57.5. The Kier molecular flexibility index (Phi) is 4.34. The fraction of sp³-hybridized carbons (Fsp3) is 0.0769. The zero-order valence-electron chi connectivity index (χ0n) is 10.7. The molecule has 2 rings (SSSR count). The van der Waals surface area contributed by atoms with E-state index in [1.54, 1.807) is 0 Å². The summed E-state index contributed by atoms with van der Waals surface area (Å²) in [6.45, 7) is 0. The van der Waals surface area contributed by atoms with Crippen LogP contribution in [0.4, 0.5) is 14.5 Å². The molecule has 0 bridgehead atoms. The van der Waals surface area contributed by atoms with Crippen molar-refractivity contribution in [3.8, 4) is 5.75 Å². The molecule has 4 nitrogen and oxygen atoms in total. The number of halogens is 3. The van der Waals surface area contributed by atoms with Gasteiger partial charge >= 0.3 is 0 Å². The molecule has 0 fully saturated rings. The maximum Gasteiger partial charge on any atom is 0.264 e. The first-order valence-electron chi connectivity index (χ1n) is 5.65. The highest BCUT2D eigenvalue weighted by Gasteiger charge is 2.20. The minimum Gasteiger partial charge on any atom is -0.495 e. The highest BCUT2D eigenvalue weighted by Crippen LogP contribution is 2.28. The summed E-state index contributed by atoms with van der Waals surface area (Å²) in [7, 11) is -2.77. The summed E-state index contributed by atoms with van der Waals surface area (Å²) >= 11 is 5.87. The van der Waals surface area contributed by atoms with E-state index in [4.69, 9.17) is 16.3 Å². The SMILES string of the molecule is COc1ccc(NS(=O)(=O)c2ccc(F)cc2F)cc1Cl. The molecule has 0 saturated carbocycles. The number of methoxy groups -OCH3 is 1. The third-order valence-corrected chi connectivity index (χ3v) is 4.30. The first kappa shape index (κ1) is 15.5. The highest BCUT2D eigenvalue weighted by atomic mass is 35.5. The van der Waals surface area contributed by atoms with Gasteiger partial charge in [0.05, 0.1) is 17.8 Å². The number of sulfonamides is 1. The minimum absolute atomic E-state index is 0.129. The zero-order chi connectivity index (χ0) is 15.6. The van der Waals surface area contributed by atoms with Crippen molar-refractivity contribution in [3.63, 3.8) is 0 Å². The van der Waals surface area contributed by atoms with Gasteiger partial charge < -0.3 is 4.74 Å². The van der Waals surface area contributed by atoms with Crippen LogP contribution in [0.25, 0.3) is 0 Å². The van der Waals surface area contributed by atoms with Gasteiger partial charge in [0, 0.05) is 6.07 Å². The molecule has 1 N–H and O–H groups in total. The quantitative estimate of drug-likeness (QED) is 0.932. The lowest BCUT2D eigenvalue weighted by atomic mass is 10.3. The molecule has 8 heteroatoms. The van der Waals surface area contributed by atoms with Gasteiger partial charge in [-0.05, 0) is 30.3 Å². The van der Waals surface area contributed by atoms with Gasteiger partial charge in [-0.15, -0.1) is 0 Å². The van der Waals surface area contributed by atoms with Gasteiger partial charge in [0.1, 0.15) is 22.3 Å². The molecule has 2 aromatic rings. The van der Waals surface area contributed by atoms with Crippen LogP contribution in [0.2, 0.25) is 5.02 Å². The highest BCUT2D eigenvalue weighted by molar-refractivity contribution is 7.92. The molecule has 112 valence electrons. The van der Waals surface area contributed by atoms with Gasteiger partial charge in [0.15, 0.2) is 0 Å². The maximum atomic E-state index is 13.5. The Morgan fingerprint density at radius 2 is 1.86 bits per heavy atom. The third-order valence-electron chi connectivity index (χ3n) is 2.59. The van der Waals surface area contributed by atoms with E-state index in [2.05, 4.69) is 4.72 Å². The predicted octanol–water partition coefficient (Wildman–Crippen LogP) is 3.43. The van der Waals surface area contributed by atoms with Gasteiger partial charge in [-0.2, -0.15) is 0 Å². The van der Waals surface area contributed by atoms with E-state index in [9.17, 15) is 17.2 Å². The zero-order valence-corrected chi connectivity index (χ0v) is 12.3. The number of benzene rings is 2. The van der Waals surface area contributed by atoms with Gasteiger partial charge in [-0.1, -0.05) is 11.6 Å².